The van der Waals surface area contributed by atoms with Crippen LogP contribution in [0, 0.1) is 0 Å². The van der Waals surface area contributed by atoms with Gasteiger partial charge in [0, 0.05) is 23.2 Å². The number of pyridine rings is 1. The molecule has 23 heavy (non-hydrogen) atoms. The number of carbonyl (C=O) groups excluding carboxylic acids is 1. The number of ether oxygens (including phenoxy) is 1. The van der Waals surface area contributed by atoms with Crippen molar-refractivity contribution in [1.29, 1.82) is 0 Å². The van der Waals surface area contributed by atoms with Gasteiger partial charge >= 0.3 is 5.97 Å². The van der Waals surface area contributed by atoms with Crippen LogP contribution < -0.4 is 5.56 Å². The molecule has 0 saturated heterocycles. The van der Waals surface area contributed by atoms with Gasteiger partial charge in [-0.05, 0) is 25.1 Å². The van der Waals surface area contributed by atoms with E-state index in [-0.39, 0.29) is 5.56 Å². The molecular formula is C16H11N3O3S. The standard InChI is InChI=1S/C16H11N3O3S/c1-2-22-15(21)9-3-4-12-10(7-9)13-11(8-17-12)14(20)18-16-19(13)5-6-23-16/h3-8H,2H2,1H3. The third-order valence-electron chi connectivity index (χ3n) is 3.61. The number of rotatable bonds is 2. The summed E-state index contributed by atoms with van der Waals surface area (Å²) in [7, 11) is 0. The molecule has 0 amide bonds. The molecule has 0 aliphatic rings. The van der Waals surface area contributed by atoms with Gasteiger partial charge in [-0.1, -0.05) is 0 Å². The maximum Gasteiger partial charge on any atom is 0.338 e. The normalized spacial score (nSPS) is 11.3. The molecule has 3 aromatic heterocycles. The summed E-state index contributed by atoms with van der Waals surface area (Å²) in [6, 6.07) is 5.14. The number of carbonyl (C=O) groups is 1. The average Bonchev–Trinajstić information content (AvgIpc) is 3.02. The van der Waals surface area contributed by atoms with E-state index >= 15 is 0 Å². The monoisotopic (exact) mass is 325 g/mol. The first kappa shape index (κ1) is 13.8. The minimum absolute atomic E-state index is 0.308. The molecule has 7 heteroatoms. The van der Waals surface area contributed by atoms with E-state index in [1.165, 1.54) is 17.5 Å². The molecule has 0 saturated carbocycles. The number of benzene rings is 1. The van der Waals surface area contributed by atoms with Crippen LogP contribution in [0.2, 0.25) is 0 Å². The van der Waals surface area contributed by atoms with Gasteiger partial charge in [-0.15, -0.1) is 11.3 Å². The highest BCUT2D eigenvalue weighted by Crippen LogP contribution is 2.25. The van der Waals surface area contributed by atoms with Crippen molar-refractivity contribution in [2.24, 2.45) is 0 Å². The summed E-state index contributed by atoms with van der Waals surface area (Å²) in [4.78, 5) is 33.2. The smallest absolute Gasteiger partial charge is 0.338 e. The van der Waals surface area contributed by atoms with Gasteiger partial charge in [-0.2, -0.15) is 4.98 Å². The molecule has 0 aliphatic carbocycles. The third-order valence-corrected chi connectivity index (χ3v) is 4.37. The first-order valence-corrected chi connectivity index (χ1v) is 7.92. The van der Waals surface area contributed by atoms with E-state index in [9.17, 15) is 9.59 Å². The zero-order valence-corrected chi connectivity index (χ0v) is 13.0. The van der Waals surface area contributed by atoms with Crippen LogP contribution >= 0.6 is 11.3 Å². The van der Waals surface area contributed by atoms with Gasteiger partial charge in [0.25, 0.3) is 5.56 Å². The van der Waals surface area contributed by atoms with Crippen molar-refractivity contribution in [3.05, 3.63) is 51.9 Å². The van der Waals surface area contributed by atoms with Crippen molar-refractivity contribution >= 4 is 44.1 Å². The van der Waals surface area contributed by atoms with Gasteiger partial charge in [0.05, 0.1) is 28.6 Å². The summed E-state index contributed by atoms with van der Waals surface area (Å²) >= 11 is 1.38. The van der Waals surface area contributed by atoms with Crippen LogP contribution in [0.25, 0.3) is 26.8 Å². The van der Waals surface area contributed by atoms with E-state index in [1.807, 2.05) is 16.0 Å². The van der Waals surface area contributed by atoms with Crippen molar-refractivity contribution in [1.82, 2.24) is 14.4 Å². The van der Waals surface area contributed by atoms with Gasteiger partial charge in [0.1, 0.15) is 0 Å². The number of hydrogen-bond donors (Lipinski definition) is 0. The second kappa shape index (κ2) is 5.13. The number of nitrogens with zero attached hydrogens (tertiary/aromatic N) is 3. The number of esters is 1. The molecule has 0 unspecified atom stereocenters. The predicted molar refractivity (Wildman–Crippen MR) is 88.1 cm³/mol. The molecule has 0 atom stereocenters. The molecule has 0 aliphatic heterocycles. The van der Waals surface area contributed by atoms with Crippen molar-refractivity contribution in [2.45, 2.75) is 6.92 Å². The Balaban J connectivity index is 2.15. The van der Waals surface area contributed by atoms with Crippen LogP contribution in [-0.2, 0) is 4.74 Å². The molecule has 0 radical (unpaired) electrons. The van der Waals surface area contributed by atoms with Gasteiger partial charge < -0.3 is 4.74 Å². The summed E-state index contributed by atoms with van der Waals surface area (Å²) in [6.07, 6.45) is 3.38. The Morgan fingerprint density at radius 3 is 3.04 bits per heavy atom. The molecule has 1 aromatic carbocycles. The van der Waals surface area contributed by atoms with Crippen molar-refractivity contribution in [3.63, 3.8) is 0 Å². The highest BCUT2D eigenvalue weighted by Gasteiger charge is 2.13. The highest BCUT2D eigenvalue weighted by molar-refractivity contribution is 7.15. The number of fused-ring (bicyclic) bond motifs is 5. The van der Waals surface area contributed by atoms with Crippen LogP contribution in [-0.4, -0.2) is 26.9 Å². The minimum Gasteiger partial charge on any atom is -0.462 e. The zero-order chi connectivity index (χ0) is 16.0. The quantitative estimate of drug-likeness (QED) is 0.418. The van der Waals surface area contributed by atoms with Crippen LogP contribution in [0.15, 0.2) is 40.8 Å². The van der Waals surface area contributed by atoms with Gasteiger partial charge in [-0.25, -0.2) is 4.79 Å². The van der Waals surface area contributed by atoms with E-state index in [0.717, 1.165) is 5.39 Å². The van der Waals surface area contributed by atoms with Crippen LogP contribution in [0.3, 0.4) is 0 Å². The lowest BCUT2D eigenvalue weighted by molar-refractivity contribution is 0.0526. The van der Waals surface area contributed by atoms with E-state index in [2.05, 4.69) is 9.97 Å². The van der Waals surface area contributed by atoms with Crippen molar-refractivity contribution in [2.75, 3.05) is 6.61 Å². The first-order valence-electron chi connectivity index (χ1n) is 7.04. The molecule has 0 spiro atoms. The summed E-state index contributed by atoms with van der Waals surface area (Å²) in [5.74, 6) is -0.394. The summed E-state index contributed by atoms with van der Waals surface area (Å²) < 4.78 is 6.89. The Bertz CT molecular complexity index is 1130. The fraction of sp³-hybridized carbons (Fsp3) is 0.125. The SMILES string of the molecule is CCOC(=O)c1ccc2ncc3c(=O)nc4sccn4c3c2c1. The molecule has 3 heterocycles. The van der Waals surface area contributed by atoms with Gasteiger partial charge in [-0.3, -0.25) is 14.2 Å². The molecule has 6 nitrogen and oxygen atoms in total. The van der Waals surface area contributed by atoms with E-state index in [4.69, 9.17) is 4.74 Å². The van der Waals surface area contributed by atoms with E-state index < -0.39 is 5.97 Å². The molecule has 114 valence electrons. The summed E-state index contributed by atoms with van der Waals surface area (Å²) in [5, 5.41) is 3.01. The van der Waals surface area contributed by atoms with Crippen LogP contribution in [0.1, 0.15) is 17.3 Å². The molecule has 4 aromatic rings. The van der Waals surface area contributed by atoms with Gasteiger partial charge in [0.2, 0.25) is 0 Å². The molecule has 4 rings (SSSR count). The third kappa shape index (κ3) is 2.08. The largest absolute Gasteiger partial charge is 0.462 e. The van der Waals surface area contributed by atoms with E-state index in [1.54, 1.807) is 25.1 Å². The number of thiazole rings is 1. The fourth-order valence-corrected chi connectivity index (χ4v) is 3.31. The average molecular weight is 325 g/mol. The number of aromatic nitrogens is 3. The predicted octanol–water partition coefficient (Wildman–Crippen LogP) is 2.63. The lowest BCUT2D eigenvalue weighted by Crippen LogP contribution is -2.10. The van der Waals surface area contributed by atoms with Crippen LogP contribution in [0.5, 0.6) is 0 Å². The molecule has 0 fully saturated rings. The summed E-state index contributed by atoms with van der Waals surface area (Å²) in [5.41, 5.74) is 1.52. The second-order valence-corrected chi connectivity index (χ2v) is 5.82. The second-order valence-electron chi connectivity index (χ2n) is 4.95. The Morgan fingerprint density at radius 2 is 2.22 bits per heavy atom. The molecule has 0 N–H and O–H groups in total. The summed E-state index contributed by atoms with van der Waals surface area (Å²) in [6.45, 7) is 2.07. The minimum atomic E-state index is -0.394. The lowest BCUT2D eigenvalue weighted by atomic mass is 10.1. The molecule has 0 bridgehead atoms. The maximum absolute atomic E-state index is 12.2. The molecular weight excluding hydrogens is 314 g/mol. The topological polar surface area (TPSA) is 73.6 Å². The van der Waals surface area contributed by atoms with Crippen molar-refractivity contribution in [3.8, 4) is 0 Å². The van der Waals surface area contributed by atoms with Crippen molar-refractivity contribution < 1.29 is 9.53 Å². The Kier molecular flexibility index (Phi) is 3.09. The highest BCUT2D eigenvalue weighted by atomic mass is 32.1. The first-order chi connectivity index (χ1) is 11.2. The maximum atomic E-state index is 12.2. The lowest BCUT2D eigenvalue weighted by Gasteiger charge is -2.07. The Morgan fingerprint density at radius 1 is 1.35 bits per heavy atom. The Hall–Kier alpha value is -2.80. The van der Waals surface area contributed by atoms with Crippen LogP contribution in [0.4, 0.5) is 0 Å². The van der Waals surface area contributed by atoms with Gasteiger partial charge in [0.15, 0.2) is 4.96 Å². The van der Waals surface area contributed by atoms with E-state index in [0.29, 0.717) is 33.6 Å². The number of hydrogen-bond acceptors (Lipinski definition) is 6. The fourth-order valence-electron chi connectivity index (χ4n) is 2.61. The zero-order valence-electron chi connectivity index (χ0n) is 12.1. The Labute approximate surface area is 134 Å².